The number of amides is 2. The summed E-state index contributed by atoms with van der Waals surface area (Å²) in [5.74, 6) is -0.994. The van der Waals surface area contributed by atoms with E-state index in [2.05, 4.69) is 0 Å². The molecule has 1 atom stereocenters. The third-order valence-electron chi connectivity index (χ3n) is 8.77. The van der Waals surface area contributed by atoms with E-state index in [0.29, 0.717) is 43.7 Å². The molecule has 2 amide bonds. The first kappa shape index (κ1) is 37.8. The molecule has 3 aliphatic heterocycles. The fourth-order valence-electron chi connectivity index (χ4n) is 6.12. The van der Waals surface area contributed by atoms with Gasteiger partial charge in [-0.25, -0.2) is 0 Å². The minimum absolute atomic E-state index is 0.0298. The summed E-state index contributed by atoms with van der Waals surface area (Å²) in [6.07, 6.45) is 3.61. The molecule has 11 nitrogen and oxygen atoms in total. The number of hydrogen-bond donors (Lipinski definition) is 2. The molecular formula is C41H42N2O9. The van der Waals surface area contributed by atoms with Gasteiger partial charge in [0, 0.05) is 36.0 Å². The number of nitrogens with zero attached hydrogens (tertiary/aromatic N) is 2. The Morgan fingerprint density at radius 2 is 1.17 bits per heavy atom. The minimum atomic E-state index is -0.833. The van der Waals surface area contributed by atoms with E-state index in [0.717, 1.165) is 59.8 Å². The summed E-state index contributed by atoms with van der Waals surface area (Å²) in [6.45, 7) is 2.32. The quantitative estimate of drug-likeness (QED) is 0.203. The van der Waals surface area contributed by atoms with Crippen LogP contribution in [0.1, 0.15) is 69.2 Å². The second-order valence-electron chi connectivity index (χ2n) is 12.6. The molecule has 0 aromatic heterocycles. The van der Waals surface area contributed by atoms with Gasteiger partial charge in [0.05, 0.1) is 25.9 Å². The highest BCUT2D eigenvalue weighted by molar-refractivity contribution is 6.02. The molecule has 52 heavy (non-hydrogen) atoms. The number of aliphatic hydroxyl groups is 1. The first-order chi connectivity index (χ1) is 25.1. The average Bonchev–Trinajstić information content (AvgIpc) is 3.65. The van der Waals surface area contributed by atoms with Crippen molar-refractivity contribution in [1.29, 1.82) is 0 Å². The molecule has 0 spiro atoms. The predicted molar refractivity (Wildman–Crippen MR) is 194 cm³/mol. The van der Waals surface area contributed by atoms with Crippen LogP contribution in [0.3, 0.4) is 0 Å². The molecule has 11 heteroatoms. The third kappa shape index (κ3) is 10.1. The number of benzene rings is 4. The van der Waals surface area contributed by atoms with Gasteiger partial charge < -0.3 is 29.5 Å². The van der Waals surface area contributed by atoms with E-state index in [-0.39, 0.29) is 36.3 Å². The molecule has 0 aliphatic carbocycles. The summed E-state index contributed by atoms with van der Waals surface area (Å²) in [5, 5.41) is 16.2. The smallest absolute Gasteiger partial charge is 0.300 e. The van der Waals surface area contributed by atoms with Crippen molar-refractivity contribution in [3.63, 3.8) is 0 Å². The van der Waals surface area contributed by atoms with Crippen molar-refractivity contribution in [3.8, 4) is 0 Å². The highest BCUT2D eigenvalue weighted by Crippen LogP contribution is 2.31. The van der Waals surface area contributed by atoms with Crippen LogP contribution in [-0.4, -0.2) is 65.7 Å². The van der Waals surface area contributed by atoms with Crippen LogP contribution < -0.4 is 9.80 Å². The van der Waals surface area contributed by atoms with Crippen LogP contribution in [0.5, 0.6) is 0 Å². The average molecular weight is 707 g/mol. The van der Waals surface area contributed by atoms with Crippen molar-refractivity contribution < 1.29 is 43.7 Å². The molecule has 4 aromatic rings. The summed E-state index contributed by atoms with van der Waals surface area (Å²) >= 11 is 0. The Bertz CT molecular complexity index is 1880. The number of fused-ring (bicyclic) bond motifs is 2. The van der Waals surface area contributed by atoms with Crippen LogP contribution >= 0.6 is 0 Å². The Morgan fingerprint density at radius 1 is 0.712 bits per heavy atom. The molecule has 0 saturated carbocycles. The molecule has 7 rings (SSSR count). The molecule has 270 valence electrons. The van der Waals surface area contributed by atoms with Gasteiger partial charge in [0.25, 0.3) is 5.97 Å². The summed E-state index contributed by atoms with van der Waals surface area (Å²) in [7, 11) is 0. The summed E-state index contributed by atoms with van der Waals surface area (Å²) < 4.78 is 11.1. The Morgan fingerprint density at radius 3 is 1.62 bits per heavy atom. The lowest BCUT2D eigenvalue weighted by atomic mass is 10.1. The Labute approximate surface area is 302 Å². The Kier molecular flexibility index (Phi) is 13.2. The maximum atomic E-state index is 12.3. The highest BCUT2D eigenvalue weighted by Gasteiger charge is 2.28. The fourth-order valence-corrected chi connectivity index (χ4v) is 6.12. The van der Waals surface area contributed by atoms with Crippen LogP contribution in [-0.2, 0) is 49.8 Å². The molecule has 1 fully saturated rings. The normalized spacial score (nSPS) is 15.8. The number of carbonyl (C=O) groups is 5. The van der Waals surface area contributed by atoms with Gasteiger partial charge in [0.15, 0.2) is 17.9 Å². The molecule has 4 aromatic carbocycles. The zero-order valence-electron chi connectivity index (χ0n) is 29.0. The number of aliphatic carboxylic acids is 1. The largest absolute Gasteiger partial charge is 0.481 e. The number of aliphatic hydroxyl groups excluding tert-OH is 1. The lowest BCUT2D eigenvalue weighted by Crippen LogP contribution is -2.26. The highest BCUT2D eigenvalue weighted by atomic mass is 16.7. The summed E-state index contributed by atoms with van der Waals surface area (Å²) in [6, 6.07) is 30.0. The van der Waals surface area contributed by atoms with E-state index in [1.807, 2.05) is 72.8 Å². The van der Waals surface area contributed by atoms with Gasteiger partial charge in [0.2, 0.25) is 11.8 Å². The van der Waals surface area contributed by atoms with Gasteiger partial charge in [-0.15, -0.1) is 0 Å². The molecule has 1 unspecified atom stereocenters. The van der Waals surface area contributed by atoms with E-state index in [1.165, 1.54) is 0 Å². The molecule has 3 aliphatic rings. The van der Waals surface area contributed by atoms with Crippen LogP contribution in [0.2, 0.25) is 0 Å². The molecule has 2 N–H and O–H groups in total. The first-order valence-electron chi connectivity index (χ1n) is 17.2. The van der Waals surface area contributed by atoms with Gasteiger partial charge in [-0.2, -0.15) is 0 Å². The third-order valence-corrected chi connectivity index (χ3v) is 8.77. The number of hydrogen-bond acceptors (Lipinski definition) is 8. The van der Waals surface area contributed by atoms with Gasteiger partial charge in [-0.3, -0.25) is 24.0 Å². The van der Waals surface area contributed by atoms with Crippen molar-refractivity contribution in [3.05, 3.63) is 130 Å². The Balaban J connectivity index is 0.000000187. The number of para-hydroxylation sites is 2. The van der Waals surface area contributed by atoms with E-state index < -0.39 is 12.6 Å². The topological polar surface area (TPSA) is 151 Å². The second-order valence-corrected chi connectivity index (χ2v) is 12.6. The van der Waals surface area contributed by atoms with Crippen molar-refractivity contribution in [2.45, 2.75) is 58.4 Å². The zero-order valence-corrected chi connectivity index (χ0v) is 29.0. The van der Waals surface area contributed by atoms with E-state index in [1.54, 1.807) is 34.1 Å². The van der Waals surface area contributed by atoms with Gasteiger partial charge >= 0.3 is 0 Å². The number of Topliss-reactive ketones (excluding diaryl/α,β-unsaturated/α-hetero) is 2. The molecule has 0 radical (unpaired) electrons. The lowest BCUT2D eigenvalue weighted by Gasteiger charge is -2.22. The van der Waals surface area contributed by atoms with Gasteiger partial charge in [-0.1, -0.05) is 84.9 Å². The summed E-state index contributed by atoms with van der Waals surface area (Å²) in [4.78, 5) is 60.6. The molecule has 0 bridgehead atoms. The second kappa shape index (κ2) is 18.1. The van der Waals surface area contributed by atoms with Crippen LogP contribution in [0.25, 0.3) is 0 Å². The predicted octanol–water partition coefficient (Wildman–Crippen LogP) is 5.54. The fraction of sp³-hybridized carbons (Fsp3) is 0.293. The maximum absolute atomic E-state index is 12.3. The monoisotopic (exact) mass is 706 g/mol. The minimum Gasteiger partial charge on any atom is -0.481 e. The van der Waals surface area contributed by atoms with Gasteiger partial charge in [-0.05, 0) is 53.6 Å². The number of anilines is 2. The van der Waals surface area contributed by atoms with Crippen LogP contribution in [0.15, 0.2) is 97.1 Å². The van der Waals surface area contributed by atoms with Crippen molar-refractivity contribution in [1.82, 2.24) is 0 Å². The standard InChI is InChI=1S/C22H23NO4.C17H15NO3.C2H4O2/c24-20(15-27-22-7-3-4-12-26-22)17-10-8-16(9-11-17)14-23-19-6-2-1-5-18(19)13-21(23)25;19-11-16(20)13-7-5-12(6-8-13)10-18-15-4-2-1-3-14(15)9-17(18)21;1-2(3)4/h1-2,5-6,8-11,22H,3-4,7,12-15H2;1-8,19H,9-11H2;1H3,(H,3,4). The Hall–Kier alpha value is -5.49. The molecule has 1 saturated heterocycles. The van der Waals surface area contributed by atoms with Crippen molar-refractivity contribution in [2.24, 2.45) is 0 Å². The van der Waals surface area contributed by atoms with Crippen LogP contribution in [0.4, 0.5) is 11.4 Å². The lowest BCUT2D eigenvalue weighted by molar-refractivity contribution is -0.155. The summed E-state index contributed by atoms with van der Waals surface area (Å²) in [5.41, 5.74) is 7.09. The van der Waals surface area contributed by atoms with Crippen LogP contribution in [0, 0.1) is 0 Å². The number of ether oxygens (including phenoxy) is 2. The zero-order chi connectivity index (χ0) is 37.0. The number of carboxylic acids is 1. The molecule has 3 heterocycles. The van der Waals surface area contributed by atoms with Crippen molar-refractivity contribution >= 4 is 40.7 Å². The first-order valence-corrected chi connectivity index (χ1v) is 17.2. The SMILES string of the molecule is CC(=O)O.O=C(CO)c1ccc(CN2C(=O)Cc3ccccc32)cc1.O=C(COC1CCCCO1)c1ccc(CN2C(=O)Cc3ccccc32)cc1. The van der Waals surface area contributed by atoms with Crippen molar-refractivity contribution in [2.75, 3.05) is 29.6 Å². The van der Waals surface area contributed by atoms with Gasteiger partial charge in [0.1, 0.15) is 13.2 Å². The number of rotatable bonds is 10. The molecular weight excluding hydrogens is 664 g/mol. The van der Waals surface area contributed by atoms with E-state index in [4.69, 9.17) is 24.5 Å². The maximum Gasteiger partial charge on any atom is 0.300 e. The number of carboxylic acid groups (broad SMARTS) is 1. The number of carbonyl (C=O) groups excluding carboxylic acids is 4. The van der Waals surface area contributed by atoms with E-state index in [9.17, 15) is 19.2 Å². The van der Waals surface area contributed by atoms with E-state index >= 15 is 0 Å². The number of ketones is 2.